The van der Waals surface area contributed by atoms with Gasteiger partial charge in [0.15, 0.2) is 0 Å². The summed E-state index contributed by atoms with van der Waals surface area (Å²) in [6.45, 7) is 1.88. The molecule has 0 spiro atoms. The lowest BCUT2D eigenvalue weighted by Crippen LogP contribution is -2.29. The molecule has 28 heavy (non-hydrogen) atoms. The quantitative estimate of drug-likeness (QED) is 0.741. The van der Waals surface area contributed by atoms with E-state index in [4.69, 9.17) is 9.57 Å². The molecule has 3 aromatic rings. The second kappa shape index (κ2) is 7.56. The molecule has 0 saturated carbocycles. The third-order valence-electron chi connectivity index (χ3n) is 4.47. The van der Waals surface area contributed by atoms with Crippen LogP contribution in [0.2, 0.25) is 0 Å². The third kappa shape index (κ3) is 3.59. The summed E-state index contributed by atoms with van der Waals surface area (Å²) < 4.78 is 6.87. The maximum Gasteiger partial charge on any atom is 0.269 e. The number of oxime groups is 1. The molecule has 1 aliphatic rings. The minimum atomic E-state index is -0.684. The van der Waals surface area contributed by atoms with Crippen molar-refractivity contribution in [2.24, 2.45) is 5.16 Å². The van der Waals surface area contributed by atoms with Crippen molar-refractivity contribution in [2.75, 3.05) is 12.4 Å². The van der Waals surface area contributed by atoms with E-state index in [1.807, 2.05) is 67.6 Å². The van der Waals surface area contributed by atoms with E-state index < -0.39 is 6.10 Å². The molecule has 1 aromatic heterocycles. The van der Waals surface area contributed by atoms with Gasteiger partial charge < -0.3 is 14.9 Å². The molecule has 7 nitrogen and oxygen atoms in total. The summed E-state index contributed by atoms with van der Waals surface area (Å²) in [5.41, 5.74) is 3.31. The Kier molecular flexibility index (Phi) is 4.80. The molecular weight excluding hydrogens is 356 g/mol. The first kappa shape index (κ1) is 17.8. The van der Waals surface area contributed by atoms with E-state index in [0.717, 1.165) is 28.4 Å². The monoisotopic (exact) mass is 376 g/mol. The van der Waals surface area contributed by atoms with Crippen molar-refractivity contribution in [3.8, 4) is 11.4 Å². The lowest BCUT2D eigenvalue weighted by Gasteiger charge is -2.11. The van der Waals surface area contributed by atoms with Crippen LogP contribution in [-0.2, 0) is 9.63 Å². The van der Waals surface area contributed by atoms with Gasteiger partial charge in [-0.05, 0) is 48.9 Å². The Morgan fingerprint density at radius 3 is 2.64 bits per heavy atom. The van der Waals surface area contributed by atoms with Crippen molar-refractivity contribution in [1.82, 2.24) is 9.78 Å². The fraction of sp³-hybridized carbons (Fsp3) is 0.190. The summed E-state index contributed by atoms with van der Waals surface area (Å²) in [7, 11) is 1.62. The number of hydrogen-bond donors (Lipinski definition) is 1. The zero-order valence-electron chi connectivity index (χ0n) is 15.6. The van der Waals surface area contributed by atoms with Crippen LogP contribution in [0.3, 0.4) is 0 Å². The van der Waals surface area contributed by atoms with Crippen molar-refractivity contribution in [1.29, 1.82) is 0 Å². The van der Waals surface area contributed by atoms with Crippen molar-refractivity contribution in [3.05, 3.63) is 71.9 Å². The molecule has 1 amide bonds. The van der Waals surface area contributed by atoms with Crippen molar-refractivity contribution >= 4 is 17.4 Å². The molecule has 2 aromatic carbocycles. The molecule has 0 saturated heterocycles. The molecule has 1 unspecified atom stereocenters. The van der Waals surface area contributed by atoms with Crippen LogP contribution in [0.4, 0.5) is 5.82 Å². The van der Waals surface area contributed by atoms with Gasteiger partial charge in [0.25, 0.3) is 5.91 Å². The number of carbonyl (C=O) groups excluding carboxylic acids is 1. The van der Waals surface area contributed by atoms with Gasteiger partial charge in [-0.15, -0.1) is 0 Å². The predicted molar refractivity (Wildman–Crippen MR) is 106 cm³/mol. The lowest BCUT2D eigenvalue weighted by molar-refractivity contribution is -0.125. The van der Waals surface area contributed by atoms with Gasteiger partial charge in [0.1, 0.15) is 11.6 Å². The number of nitrogens with one attached hydrogen (secondary N) is 1. The smallest absolute Gasteiger partial charge is 0.269 e. The zero-order chi connectivity index (χ0) is 19.5. The molecule has 1 N–H and O–H groups in total. The molecule has 0 radical (unpaired) electrons. The first-order valence-corrected chi connectivity index (χ1v) is 8.94. The predicted octanol–water partition coefficient (Wildman–Crippen LogP) is 3.32. The van der Waals surface area contributed by atoms with Crippen LogP contribution < -0.4 is 10.1 Å². The average Bonchev–Trinajstić information content (AvgIpc) is 3.36. The molecule has 2 heterocycles. The Morgan fingerprint density at radius 2 is 1.93 bits per heavy atom. The van der Waals surface area contributed by atoms with Gasteiger partial charge in [-0.3, -0.25) is 4.79 Å². The number of aromatic nitrogens is 2. The largest absolute Gasteiger partial charge is 0.497 e. The molecule has 7 heteroatoms. The first-order chi connectivity index (χ1) is 13.6. The minimum Gasteiger partial charge on any atom is -0.497 e. The number of benzene rings is 2. The molecular formula is C21H20N4O3. The number of para-hydroxylation sites is 1. The topological polar surface area (TPSA) is 77.7 Å². The highest BCUT2D eigenvalue weighted by atomic mass is 16.6. The van der Waals surface area contributed by atoms with E-state index in [1.165, 1.54) is 0 Å². The first-order valence-electron chi connectivity index (χ1n) is 8.94. The number of ether oxygens (including phenoxy) is 1. The highest BCUT2D eigenvalue weighted by Gasteiger charge is 2.29. The zero-order valence-corrected chi connectivity index (χ0v) is 15.6. The Labute approximate surface area is 162 Å². The van der Waals surface area contributed by atoms with Gasteiger partial charge in [0, 0.05) is 12.5 Å². The maximum absolute atomic E-state index is 12.7. The van der Waals surface area contributed by atoms with Crippen molar-refractivity contribution in [3.63, 3.8) is 0 Å². The van der Waals surface area contributed by atoms with E-state index in [1.54, 1.807) is 11.8 Å². The van der Waals surface area contributed by atoms with E-state index >= 15 is 0 Å². The molecule has 0 aliphatic carbocycles. The third-order valence-corrected chi connectivity index (χ3v) is 4.47. The van der Waals surface area contributed by atoms with Gasteiger partial charge in [0.05, 0.1) is 24.2 Å². The fourth-order valence-corrected chi connectivity index (χ4v) is 3.03. The molecule has 0 fully saturated rings. The number of hydrogen-bond acceptors (Lipinski definition) is 5. The van der Waals surface area contributed by atoms with Crippen LogP contribution in [0, 0.1) is 6.92 Å². The van der Waals surface area contributed by atoms with Gasteiger partial charge in [-0.2, -0.15) is 5.10 Å². The molecule has 142 valence electrons. The van der Waals surface area contributed by atoms with Crippen molar-refractivity contribution in [2.45, 2.75) is 19.4 Å². The van der Waals surface area contributed by atoms with Gasteiger partial charge in [-0.1, -0.05) is 23.4 Å². The van der Waals surface area contributed by atoms with Gasteiger partial charge >= 0.3 is 0 Å². The summed E-state index contributed by atoms with van der Waals surface area (Å²) in [6.07, 6.45) is -0.284. The summed E-state index contributed by atoms with van der Waals surface area (Å²) in [5.74, 6) is 1.10. The van der Waals surface area contributed by atoms with E-state index in [-0.39, 0.29) is 5.91 Å². The Morgan fingerprint density at radius 1 is 1.18 bits per heavy atom. The highest BCUT2D eigenvalue weighted by molar-refractivity contribution is 6.06. The molecule has 1 aliphatic heterocycles. The molecule has 4 rings (SSSR count). The van der Waals surface area contributed by atoms with Crippen LogP contribution in [-0.4, -0.2) is 34.6 Å². The Balaban J connectivity index is 1.46. The van der Waals surface area contributed by atoms with Crippen LogP contribution in [0.5, 0.6) is 5.75 Å². The van der Waals surface area contributed by atoms with Gasteiger partial charge in [0.2, 0.25) is 6.10 Å². The van der Waals surface area contributed by atoms with Crippen LogP contribution >= 0.6 is 0 Å². The number of carbonyl (C=O) groups is 1. The van der Waals surface area contributed by atoms with Gasteiger partial charge in [-0.25, -0.2) is 4.68 Å². The fourth-order valence-electron chi connectivity index (χ4n) is 3.03. The van der Waals surface area contributed by atoms with E-state index in [9.17, 15) is 4.79 Å². The normalized spacial score (nSPS) is 15.6. The maximum atomic E-state index is 12.7. The Hall–Kier alpha value is -3.61. The minimum absolute atomic E-state index is 0.260. The second-order valence-electron chi connectivity index (χ2n) is 6.47. The van der Waals surface area contributed by atoms with E-state index in [0.29, 0.717) is 12.2 Å². The number of amides is 1. The summed E-state index contributed by atoms with van der Waals surface area (Å²) in [5, 5.41) is 11.4. The van der Waals surface area contributed by atoms with E-state index in [2.05, 4.69) is 15.6 Å². The Bertz CT molecular complexity index is 1010. The summed E-state index contributed by atoms with van der Waals surface area (Å²) in [4.78, 5) is 18.1. The van der Waals surface area contributed by atoms with Crippen LogP contribution in [0.15, 0.2) is 65.8 Å². The number of aryl methyl sites for hydroxylation is 1. The summed E-state index contributed by atoms with van der Waals surface area (Å²) >= 11 is 0. The number of methoxy groups -OCH3 is 1. The number of anilines is 1. The van der Waals surface area contributed by atoms with Crippen LogP contribution in [0.25, 0.3) is 5.69 Å². The molecule has 0 bridgehead atoms. The number of nitrogens with zero attached hydrogens (tertiary/aromatic N) is 3. The highest BCUT2D eigenvalue weighted by Crippen LogP contribution is 2.22. The SMILES string of the molecule is COc1ccc(C2=NOC(C(=O)Nc3cc(C)nn3-c3ccccc3)C2)cc1. The lowest BCUT2D eigenvalue weighted by atomic mass is 10.0. The summed E-state index contributed by atoms with van der Waals surface area (Å²) in [6, 6.07) is 19.0. The number of rotatable bonds is 5. The standard InChI is InChI=1S/C21H20N4O3/c1-14-12-20(25(23-14)16-6-4-3-5-7-16)22-21(26)19-13-18(24-28-19)15-8-10-17(27-2)11-9-15/h3-12,19H,13H2,1-2H3,(H,22,26). The molecule has 1 atom stereocenters. The van der Waals surface area contributed by atoms with Crippen LogP contribution in [0.1, 0.15) is 17.7 Å². The second-order valence-corrected chi connectivity index (χ2v) is 6.47. The average molecular weight is 376 g/mol. The van der Waals surface area contributed by atoms with Crippen molar-refractivity contribution < 1.29 is 14.4 Å².